The minimum Gasteiger partial charge on any atom is -0.490 e. The molecule has 2 aromatic carbocycles. The third-order valence-corrected chi connectivity index (χ3v) is 7.64. The third-order valence-electron chi connectivity index (χ3n) is 5.67. The first kappa shape index (κ1) is 28.2. The molecule has 1 heterocycles. The predicted octanol–water partition coefficient (Wildman–Crippen LogP) is 6.51. The number of carbonyl (C=O) groups is 2. The van der Waals surface area contributed by atoms with E-state index in [2.05, 4.69) is 48.8 Å². The average Bonchev–Trinajstić information content (AvgIpc) is 3.07. The number of carbonyl (C=O) groups excluding carboxylic acids is 2. The van der Waals surface area contributed by atoms with Crippen LogP contribution < -0.4 is 9.47 Å². The van der Waals surface area contributed by atoms with Gasteiger partial charge in [0, 0.05) is 6.54 Å². The maximum absolute atomic E-state index is 12.9. The molecule has 3 rings (SSSR count). The van der Waals surface area contributed by atoms with Gasteiger partial charge in [0.05, 0.1) is 29.0 Å². The zero-order chi connectivity index (χ0) is 26.4. The van der Waals surface area contributed by atoms with Crippen molar-refractivity contribution in [3.8, 4) is 11.5 Å². The van der Waals surface area contributed by atoms with Gasteiger partial charge in [-0.05, 0) is 96.6 Å². The largest absolute Gasteiger partial charge is 0.490 e. The molecule has 1 aliphatic heterocycles. The Hall–Kier alpha value is -2.36. The van der Waals surface area contributed by atoms with Crippen molar-refractivity contribution in [2.75, 3.05) is 19.8 Å². The average molecular weight is 593 g/mol. The van der Waals surface area contributed by atoms with Crippen molar-refractivity contribution in [1.82, 2.24) is 4.90 Å². The molecule has 0 spiro atoms. The fraction of sp³-hybridized carbons (Fsp3) is 0.370. The van der Waals surface area contributed by atoms with Crippen molar-refractivity contribution < 1.29 is 23.8 Å². The topological polar surface area (TPSA) is 65.1 Å². The molecule has 0 aliphatic carbocycles. The number of ether oxygens (including phenoxy) is 3. The summed E-state index contributed by atoms with van der Waals surface area (Å²) in [6, 6.07) is 8.05. The number of hydrogen-bond donors (Lipinski definition) is 0. The van der Waals surface area contributed by atoms with E-state index in [0.717, 1.165) is 15.6 Å². The highest BCUT2D eigenvalue weighted by molar-refractivity contribution is 9.10. The van der Waals surface area contributed by atoms with E-state index < -0.39 is 0 Å². The summed E-state index contributed by atoms with van der Waals surface area (Å²) in [7, 11) is 0. The summed E-state index contributed by atoms with van der Waals surface area (Å²) in [5.41, 5.74) is 5.53. The predicted molar refractivity (Wildman–Crippen MR) is 151 cm³/mol. The van der Waals surface area contributed by atoms with Crippen LogP contribution >= 0.6 is 39.9 Å². The Morgan fingerprint density at radius 2 is 1.78 bits per heavy atom. The Morgan fingerprint density at radius 3 is 2.47 bits per heavy atom. The molecule has 1 saturated heterocycles. The van der Waals surface area contributed by atoms with Crippen LogP contribution in [0, 0.1) is 20.8 Å². The Labute approximate surface area is 230 Å². The molecule has 1 fully saturated rings. The number of benzene rings is 2. The van der Waals surface area contributed by atoms with Gasteiger partial charge in [0.15, 0.2) is 11.5 Å². The van der Waals surface area contributed by atoms with Crippen LogP contribution in [-0.4, -0.2) is 40.9 Å². The normalized spacial score (nSPS) is 14.5. The number of amides is 1. The number of nitrogens with zero attached hydrogens (tertiary/aromatic N) is 1. The SMILES string of the molecule is CCOC(=O)CCN1C(=O)/C(=C\c2cc(Br)c(OCc3cc(C)c(C)cc3C)c(OCC)c2)SC1=S. The first-order chi connectivity index (χ1) is 17.1. The summed E-state index contributed by atoms with van der Waals surface area (Å²) < 4.78 is 18.2. The molecule has 0 unspecified atom stereocenters. The van der Waals surface area contributed by atoms with E-state index in [4.69, 9.17) is 26.4 Å². The van der Waals surface area contributed by atoms with Gasteiger partial charge >= 0.3 is 5.97 Å². The summed E-state index contributed by atoms with van der Waals surface area (Å²) >= 11 is 10.2. The molecule has 0 aromatic heterocycles. The molecule has 1 amide bonds. The minimum absolute atomic E-state index is 0.0968. The van der Waals surface area contributed by atoms with Crippen molar-refractivity contribution in [1.29, 1.82) is 0 Å². The highest BCUT2D eigenvalue weighted by Gasteiger charge is 2.32. The smallest absolute Gasteiger partial charge is 0.307 e. The van der Waals surface area contributed by atoms with E-state index in [-0.39, 0.29) is 24.8 Å². The summed E-state index contributed by atoms with van der Waals surface area (Å²) in [6.45, 7) is 11.3. The standard InChI is InChI=1S/C27H30BrNO5S2/c1-6-32-22-13-19(14-23-26(31)29(27(35)36-23)9-8-24(30)33-7-2)12-21(28)25(22)34-15-20-11-17(4)16(3)10-18(20)5/h10-14H,6-9,15H2,1-5H3/b23-14+. The molecule has 0 bridgehead atoms. The Kier molecular flexibility index (Phi) is 9.99. The zero-order valence-corrected chi connectivity index (χ0v) is 24.3. The van der Waals surface area contributed by atoms with Gasteiger partial charge in [-0.15, -0.1) is 0 Å². The van der Waals surface area contributed by atoms with E-state index in [1.54, 1.807) is 13.0 Å². The summed E-state index contributed by atoms with van der Waals surface area (Å²) in [4.78, 5) is 26.5. The van der Waals surface area contributed by atoms with Gasteiger partial charge in [-0.2, -0.15) is 0 Å². The van der Waals surface area contributed by atoms with Crippen LogP contribution in [-0.2, 0) is 20.9 Å². The van der Waals surface area contributed by atoms with Crippen LogP contribution in [0.5, 0.6) is 11.5 Å². The van der Waals surface area contributed by atoms with Crippen LogP contribution in [0.4, 0.5) is 0 Å². The number of thiocarbonyl (C=S) groups is 1. The lowest BCUT2D eigenvalue weighted by molar-refractivity contribution is -0.143. The molecule has 0 saturated carbocycles. The van der Waals surface area contributed by atoms with Gasteiger partial charge in [0.25, 0.3) is 5.91 Å². The molecular weight excluding hydrogens is 562 g/mol. The van der Waals surface area contributed by atoms with Crippen LogP contribution in [0.2, 0.25) is 0 Å². The number of esters is 1. The van der Waals surface area contributed by atoms with Gasteiger partial charge in [0.2, 0.25) is 0 Å². The van der Waals surface area contributed by atoms with Gasteiger partial charge < -0.3 is 14.2 Å². The van der Waals surface area contributed by atoms with Crippen molar-refractivity contribution in [2.45, 2.75) is 47.6 Å². The molecule has 36 heavy (non-hydrogen) atoms. The highest BCUT2D eigenvalue weighted by atomic mass is 79.9. The lowest BCUT2D eigenvalue weighted by Crippen LogP contribution is -2.30. The number of hydrogen-bond acceptors (Lipinski definition) is 7. The molecular formula is C27H30BrNO5S2. The van der Waals surface area contributed by atoms with Crippen molar-refractivity contribution in [3.63, 3.8) is 0 Å². The fourth-order valence-corrected chi connectivity index (χ4v) is 5.56. The Morgan fingerprint density at radius 1 is 1.06 bits per heavy atom. The van der Waals surface area contributed by atoms with Gasteiger partial charge in [-0.3, -0.25) is 14.5 Å². The van der Waals surface area contributed by atoms with Gasteiger partial charge in [-0.1, -0.05) is 36.1 Å². The molecule has 192 valence electrons. The van der Waals surface area contributed by atoms with Crippen LogP contribution in [0.15, 0.2) is 33.6 Å². The van der Waals surface area contributed by atoms with Gasteiger partial charge in [0.1, 0.15) is 10.9 Å². The second kappa shape index (κ2) is 12.7. The van der Waals surface area contributed by atoms with E-state index in [0.29, 0.717) is 40.5 Å². The third kappa shape index (κ3) is 6.89. The fourth-order valence-electron chi connectivity index (χ4n) is 3.68. The quantitative estimate of drug-likeness (QED) is 0.177. The monoisotopic (exact) mass is 591 g/mol. The van der Waals surface area contributed by atoms with Crippen LogP contribution in [0.3, 0.4) is 0 Å². The van der Waals surface area contributed by atoms with E-state index in [1.807, 2.05) is 19.1 Å². The Bertz CT molecular complexity index is 1210. The maximum atomic E-state index is 12.9. The van der Waals surface area contributed by atoms with Crippen molar-refractivity contribution in [3.05, 3.63) is 61.5 Å². The number of rotatable bonds is 10. The Balaban J connectivity index is 1.81. The number of aryl methyl sites for hydroxylation is 3. The second-order valence-electron chi connectivity index (χ2n) is 8.30. The highest BCUT2D eigenvalue weighted by Crippen LogP contribution is 2.40. The van der Waals surface area contributed by atoms with Crippen LogP contribution in [0.1, 0.15) is 48.1 Å². The summed E-state index contributed by atoms with van der Waals surface area (Å²) in [5, 5.41) is 0. The molecule has 6 nitrogen and oxygen atoms in total. The molecule has 0 atom stereocenters. The van der Waals surface area contributed by atoms with Crippen molar-refractivity contribution in [2.24, 2.45) is 0 Å². The minimum atomic E-state index is -0.354. The second-order valence-corrected chi connectivity index (χ2v) is 10.8. The lowest BCUT2D eigenvalue weighted by atomic mass is 10.0. The first-order valence-corrected chi connectivity index (χ1v) is 13.7. The summed E-state index contributed by atoms with van der Waals surface area (Å²) in [6.07, 6.45) is 1.87. The van der Waals surface area contributed by atoms with E-state index >= 15 is 0 Å². The maximum Gasteiger partial charge on any atom is 0.307 e. The first-order valence-electron chi connectivity index (χ1n) is 11.7. The number of halogens is 1. The lowest BCUT2D eigenvalue weighted by Gasteiger charge is -2.16. The molecule has 0 radical (unpaired) electrons. The van der Waals surface area contributed by atoms with Gasteiger partial charge in [-0.25, -0.2) is 0 Å². The number of thioether (sulfide) groups is 1. The molecule has 9 heteroatoms. The summed E-state index contributed by atoms with van der Waals surface area (Å²) in [5.74, 6) is 0.604. The molecule has 1 aliphatic rings. The van der Waals surface area contributed by atoms with Crippen molar-refractivity contribution >= 4 is 62.2 Å². The molecule has 2 aromatic rings. The van der Waals surface area contributed by atoms with E-state index in [1.165, 1.54) is 33.4 Å². The zero-order valence-electron chi connectivity index (χ0n) is 21.1. The molecule has 0 N–H and O–H groups in total. The van der Waals surface area contributed by atoms with Crippen LogP contribution in [0.25, 0.3) is 6.08 Å². The van der Waals surface area contributed by atoms with E-state index in [9.17, 15) is 9.59 Å².